The fourth-order valence-electron chi connectivity index (χ4n) is 3.59. The molecule has 1 N–H and O–H groups in total. The van der Waals surface area contributed by atoms with Crippen LogP contribution in [-0.4, -0.2) is 43.2 Å². The molecule has 0 radical (unpaired) electrons. The molecule has 1 saturated heterocycles. The molecule has 2 atom stereocenters. The number of carbonyl (C=O) groups is 1. The van der Waals surface area contributed by atoms with Gasteiger partial charge in [-0.1, -0.05) is 23.8 Å². The van der Waals surface area contributed by atoms with Crippen molar-refractivity contribution in [2.45, 2.75) is 38.8 Å². The maximum atomic E-state index is 12.2. The number of nitrogens with zero attached hydrogens (tertiary/aromatic N) is 1. The first-order valence-electron chi connectivity index (χ1n) is 7.93. The highest BCUT2D eigenvalue weighted by Crippen LogP contribution is 2.37. The lowest BCUT2D eigenvalue weighted by atomic mass is 10.0. The van der Waals surface area contributed by atoms with E-state index in [1.165, 1.54) is 16.7 Å². The number of aryl methyl sites for hydroxylation is 2. The SMILES string of the molecule is CCOC(=O)C1CNCCN1C1CCc2ccc(C)cc21. The van der Waals surface area contributed by atoms with Gasteiger partial charge in [0, 0.05) is 25.7 Å². The summed E-state index contributed by atoms with van der Waals surface area (Å²) < 4.78 is 5.26. The fraction of sp³-hybridized carbons (Fsp3) is 0.588. The Kier molecular flexibility index (Phi) is 4.27. The lowest BCUT2D eigenvalue weighted by Crippen LogP contribution is -2.56. The van der Waals surface area contributed by atoms with Crippen molar-refractivity contribution in [3.8, 4) is 0 Å². The molecule has 1 aliphatic carbocycles. The van der Waals surface area contributed by atoms with Crippen LogP contribution < -0.4 is 5.32 Å². The van der Waals surface area contributed by atoms with Crippen LogP contribution in [0, 0.1) is 6.92 Å². The molecule has 1 aromatic carbocycles. The highest BCUT2D eigenvalue weighted by atomic mass is 16.5. The van der Waals surface area contributed by atoms with E-state index in [1.807, 2.05) is 6.92 Å². The smallest absolute Gasteiger partial charge is 0.324 e. The Bertz CT molecular complexity index is 530. The number of benzene rings is 1. The summed E-state index contributed by atoms with van der Waals surface area (Å²) in [6.07, 6.45) is 2.22. The van der Waals surface area contributed by atoms with E-state index < -0.39 is 0 Å². The van der Waals surface area contributed by atoms with Crippen molar-refractivity contribution in [2.24, 2.45) is 0 Å². The number of rotatable bonds is 3. The molecule has 1 aliphatic heterocycles. The van der Waals surface area contributed by atoms with Crippen molar-refractivity contribution in [1.82, 2.24) is 10.2 Å². The summed E-state index contributed by atoms with van der Waals surface area (Å²) in [6, 6.07) is 6.91. The van der Waals surface area contributed by atoms with Gasteiger partial charge in [0.25, 0.3) is 0 Å². The summed E-state index contributed by atoms with van der Waals surface area (Å²) in [5.41, 5.74) is 4.14. The minimum absolute atomic E-state index is 0.0918. The van der Waals surface area contributed by atoms with Gasteiger partial charge in [-0.2, -0.15) is 0 Å². The first-order chi connectivity index (χ1) is 10.2. The highest BCUT2D eigenvalue weighted by molar-refractivity contribution is 5.76. The zero-order valence-electron chi connectivity index (χ0n) is 12.9. The molecule has 0 spiro atoms. The number of nitrogens with one attached hydrogen (secondary N) is 1. The van der Waals surface area contributed by atoms with E-state index in [0.717, 1.165) is 25.9 Å². The van der Waals surface area contributed by atoms with Crippen molar-refractivity contribution in [2.75, 3.05) is 26.2 Å². The van der Waals surface area contributed by atoms with E-state index in [2.05, 4.69) is 35.3 Å². The van der Waals surface area contributed by atoms with Gasteiger partial charge in [0.15, 0.2) is 0 Å². The minimum Gasteiger partial charge on any atom is -0.465 e. The normalized spacial score (nSPS) is 25.6. The third kappa shape index (κ3) is 2.83. The van der Waals surface area contributed by atoms with Crippen LogP contribution in [0.1, 0.15) is 36.1 Å². The minimum atomic E-state index is -0.157. The van der Waals surface area contributed by atoms with E-state index in [0.29, 0.717) is 19.2 Å². The van der Waals surface area contributed by atoms with Crippen molar-refractivity contribution < 1.29 is 9.53 Å². The number of ether oxygens (including phenoxy) is 1. The molecule has 114 valence electrons. The second kappa shape index (κ2) is 6.16. The first kappa shape index (κ1) is 14.5. The summed E-state index contributed by atoms with van der Waals surface area (Å²) in [7, 11) is 0. The Balaban J connectivity index is 1.85. The van der Waals surface area contributed by atoms with Gasteiger partial charge in [0.2, 0.25) is 0 Å². The maximum Gasteiger partial charge on any atom is 0.324 e. The molecule has 1 heterocycles. The summed E-state index contributed by atoms with van der Waals surface area (Å²) >= 11 is 0. The van der Waals surface area contributed by atoms with Gasteiger partial charge in [-0.15, -0.1) is 0 Å². The molecule has 21 heavy (non-hydrogen) atoms. The van der Waals surface area contributed by atoms with Crippen LogP contribution in [0.15, 0.2) is 18.2 Å². The van der Waals surface area contributed by atoms with Crippen LogP contribution in [-0.2, 0) is 16.0 Å². The maximum absolute atomic E-state index is 12.2. The van der Waals surface area contributed by atoms with E-state index in [9.17, 15) is 4.79 Å². The first-order valence-corrected chi connectivity index (χ1v) is 7.93. The van der Waals surface area contributed by atoms with Crippen LogP contribution in [0.2, 0.25) is 0 Å². The number of esters is 1. The van der Waals surface area contributed by atoms with Gasteiger partial charge in [0.1, 0.15) is 6.04 Å². The largest absolute Gasteiger partial charge is 0.465 e. The van der Waals surface area contributed by atoms with Crippen molar-refractivity contribution in [3.63, 3.8) is 0 Å². The molecule has 0 amide bonds. The Morgan fingerprint density at radius 2 is 2.33 bits per heavy atom. The molecule has 0 saturated carbocycles. The van der Waals surface area contributed by atoms with Gasteiger partial charge in [-0.05, 0) is 37.8 Å². The molecule has 2 unspecified atom stereocenters. The van der Waals surface area contributed by atoms with Crippen LogP contribution in [0.5, 0.6) is 0 Å². The summed E-state index contributed by atoms with van der Waals surface area (Å²) in [4.78, 5) is 14.6. The molecular weight excluding hydrogens is 264 g/mol. The topological polar surface area (TPSA) is 41.6 Å². The fourth-order valence-corrected chi connectivity index (χ4v) is 3.59. The summed E-state index contributed by atoms with van der Waals surface area (Å²) in [5, 5.41) is 3.32. The summed E-state index contributed by atoms with van der Waals surface area (Å²) in [5.74, 6) is -0.0918. The molecule has 3 rings (SSSR count). The lowest BCUT2D eigenvalue weighted by Gasteiger charge is -2.39. The number of hydrogen-bond acceptors (Lipinski definition) is 4. The Labute approximate surface area is 126 Å². The molecule has 0 bridgehead atoms. The van der Waals surface area contributed by atoms with Crippen LogP contribution in [0.4, 0.5) is 0 Å². The predicted molar refractivity (Wildman–Crippen MR) is 82.2 cm³/mol. The molecule has 1 aromatic rings. The monoisotopic (exact) mass is 288 g/mol. The third-order valence-corrected chi connectivity index (χ3v) is 4.59. The van der Waals surface area contributed by atoms with Gasteiger partial charge >= 0.3 is 5.97 Å². The molecule has 0 aromatic heterocycles. The second-order valence-corrected chi connectivity index (χ2v) is 5.97. The Hall–Kier alpha value is -1.39. The molecule has 4 nitrogen and oxygen atoms in total. The van der Waals surface area contributed by atoms with E-state index >= 15 is 0 Å². The Morgan fingerprint density at radius 3 is 3.14 bits per heavy atom. The van der Waals surface area contributed by atoms with E-state index in [4.69, 9.17) is 4.74 Å². The van der Waals surface area contributed by atoms with E-state index in [-0.39, 0.29) is 12.0 Å². The summed E-state index contributed by atoms with van der Waals surface area (Å²) in [6.45, 7) is 6.98. The Morgan fingerprint density at radius 1 is 1.48 bits per heavy atom. The zero-order chi connectivity index (χ0) is 14.8. The second-order valence-electron chi connectivity index (χ2n) is 5.97. The number of piperazine rings is 1. The molecule has 1 fully saturated rings. The lowest BCUT2D eigenvalue weighted by molar-refractivity contribution is -0.151. The molecule has 4 heteroatoms. The number of hydrogen-bond donors (Lipinski definition) is 1. The predicted octanol–water partition coefficient (Wildman–Crippen LogP) is 1.82. The number of fused-ring (bicyclic) bond motifs is 1. The highest BCUT2D eigenvalue weighted by Gasteiger charge is 2.37. The van der Waals surface area contributed by atoms with Crippen LogP contribution in [0.25, 0.3) is 0 Å². The van der Waals surface area contributed by atoms with Gasteiger partial charge in [-0.3, -0.25) is 9.69 Å². The van der Waals surface area contributed by atoms with Crippen LogP contribution >= 0.6 is 0 Å². The third-order valence-electron chi connectivity index (χ3n) is 4.59. The standard InChI is InChI=1S/C17H24N2O2/c1-3-21-17(20)16-11-18-8-9-19(16)15-7-6-13-5-4-12(2)10-14(13)15/h4-5,10,15-16,18H,3,6-9,11H2,1-2H3. The average molecular weight is 288 g/mol. The van der Waals surface area contributed by atoms with Crippen molar-refractivity contribution >= 4 is 5.97 Å². The van der Waals surface area contributed by atoms with Crippen molar-refractivity contribution in [3.05, 3.63) is 34.9 Å². The van der Waals surface area contributed by atoms with Crippen LogP contribution in [0.3, 0.4) is 0 Å². The van der Waals surface area contributed by atoms with Gasteiger partial charge in [-0.25, -0.2) is 0 Å². The molecule has 2 aliphatic rings. The zero-order valence-corrected chi connectivity index (χ0v) is 12.9. The van der Waals surface area contributed by atoms with E-state index in [1.54, 1.807) is 0 Å². The quantitative estimate of drug-likeness (QED) is 0.862. The van der Waals surface area contributed by atoms with Gasteiger partial charge < -0.3 is 10.1 Å². The molecular formula is C17H24N2O2. The average Bonchev–Trinajstić information content (AvgIpc) is 2.90. The van der Waals surface area contributed by atoms with Crippen molar-refractivity contribution in [1.29, 1.82) is 0 Å². The van der Waals surface area contributed by atoms with Gasteiger partial charge in [0.05, 0.1) is 6.61 Å². The number of carbonyl (C=O) groups excluding carboxylic acids is 1.